The van der Waals surface area contributed by atoms with E-state index in [9.17, 15) is 0 Å². The first-order valence-corrected chi connectivity index (χ1v) is 10.6. The van der Waals surface area contributed by atoms with E-state index in [-0.39, 0.29) is 0 Å². The highest BCUT2D eigenvalue weighted by atomic mass is 16.5. The molecule has 24 heavy (non-hydrogen) atoms. The van der Waals surface area contributed by atoms with Gasteiger partial charge >= 0.3 is 0 Å². The van der Waals surface area contributed by atoms with Crippen LogP contribution in [0.25, 0.3) is 0 Å². The van der Waals surface area contributed by atoms with E-state index in [1.165, 1.54) is 95.5 Å². The molecule has 0 aliphatic rings. The smallest absolute Gasteiger partial charge is 0.122 e. The third-order valence-electron chi connectivity index (χ3n) is 4.78. The van der Waals surface area contributed by atoms with Crippen LogP contribution in [-0.4, -0.2) is 6.61 Å². The minimum Gasteiger partial charge on any atom is -0.493 e. The summed E-state index contributed by atoms with van der Waals surface area (Å²) < 4.78 is 6.05. The highest BCUT2D eigenvalue weighted by molar-refractivity contribution is 5.33. The Labute approximate surface area is 151 Å². The average molecular weight is 333 g/mol. The number of aryl methyl sites for hydroxylation is 1. The maximum atomic E-state index is 6.05. The summed E-state index contributed by atoms with van der Waals surface area (Å²) in [5, 5.41) is 0. The average Bonchev–Trinajstić information content (AvgIpc) is 2.61. The Bertz CT molecular complexity index is 348. The number of ether oxygens (including phenoxy) is 1. The molecule has 0 spiro atoms. The summed E-state index contributed by atoms with van der Waals surface area (Å²) in [5.41, 5.74) is 1.40. The van der Waals surface area contributed by atoms with Gasteiger partial charge in [0.05, 0.1) is 6.61 Å². The second-order valence-electron chi connectivity index (χ2n) is 7.10. The van der Waals surface area contributed by atoms with E-state index in [0.717, 1.165) is 12.4 Å². The summed E-state index contributed by atoms with van der Waals surface area (Å²) in [4.78, 5) is 0. The SMILES string of the molecule is CCCCCCCCCc1ccccc1OCCCCCCCC. The fourth-order valence-corrected chi connectivity index (χ4v) is 3.19. The zero-order chi connectivity index (χ0) is 17.3. The Balaban J connectivity index is 2.14. The topological polar surface area (TPSA) is 9.23 Å². The van der Waals surface area contributed by atoms with Crippen LogP contribution in [0.5, 0.6) is 5.75 Å². The summed E-state index contributed by atoms with van der Waals surface area (Å²) in [6.45, 7) is 5.42. The van der Waals surface area contributed by atoms with Gasteiger partial charge in [0.2, 0.25) is 0 Å². The van der Waals surface area contributed by atoms with E-state index >= 15 is 0 Å². The van der Waals surface area contributed by atoms with Crippen molar-refractivity contribution in [1.29, 1.82) is 0 Å². The van der Waals surface area contributed by atoms with E-state index in [2.05, 4.69) is 38.1 Å². The minimum absolute atomic E-state index is 0.875. The van der Waals surface area contributed by atoms with Crippen molar-refractivity contribution in [2.24, 2.45) is 0 Å². The van der Waals surface area contributed by atoms with Crippen LogP contribution in [0.4, 0.5) is 0 Å². The van der Waals surface area contributed by atoms with Crippen molar-refractivity contribution in [3.05, 3.63) is 29.8 Å². The first-order chi connectivity index (χ1) is 11.9. The van der Waals surface area contributed by atoms with Gasteiger partial charge in [-0.2, -0.15) is 0 Å². The van der Waals surface area contributed by atoms with Gasteiger partial charge in [-0.15, -0.1) is 0 Å². The highest BCUT2D eigenvalue weighted by Crippen LogP contribution is 2.21. The van der Waals surface area contributed by atoms with Crippen LogP contribution >= 0.6 is 0 Å². The largest absolute Gasteiger partial charge is 0.493 e. The molecule has 0 bridgehead atoms. The number of benzene rings is 1. The standard InChI is InChI=1S/C23H40O/c1-3-5-7-9-11-12-14-18-22-19-15-16-20-23(22)24-21-17-13-10-8-6-4-2/h15-16,19-20H,3-14,17-18,21H2,1-2H3. The van der Waals surface area contributed by atoms with Gasteiger partial charge in [-0.05, 0) is 30.9 Å². The summed E-state index contributed by atoms with van der Waals surface area (Å²) in [5.74, 6) is 1.12. The highest BCUT2D eigenvalue weighted by Gasteiger charge is 2.03. The van der Waals surface area contributed by atoms with Crippen molar-refractivity contribution in [2.75, 3.05) is 6.61 Å². The molecule has 1 aromatic rings. The molecule has 0 N–H and O–H groups in total. The van der Waals surface area contributed by atoms with Crippen LogP contribution in [0.1, 0.15) is 103 Å². The molecule has 0 aliphatic heterocycles. The lowest BCUT2D eigenvalue weighted by atomic mass is 10.0. The van der Waals surface area contributed by atoms with Crippen molar-refractivity contribution in [3.8, 4) is 5.75 Å². The molecular formula is C23H40O. The van der Waals surface area contributed by atoms with Gasteiger partial charge in [-0.1, -0.05) is 103 Å². The Morgan fingerprint density at radius 2 is 1.17 bits per heavy atom. The van der Waals surface area contributed by atoms with E-state index in [1.807, 2.05) is 0 Å². The van der Waals surface area contributed by atoms with Crippen molar-refractivity contribution in [1.82, 2.24) is 0 Å². The van der Waals surface area contributed by atoms with Gasteiger partial charge in [0.25, 0.3) is 0 Å². The molecule has 0 heterocycles. The van der Waals surface area contributed by atoms with Crippen molar-refractivity contribution in [3.63, 3.8) is 0 Å². The first kappa shape index (κ1) is 21.1. The quantitative estimate of drug-likeness (QED) is 0.281. The number of unbranched alkanes of at least 4 members (excludes halogenated alkanes) is 11. The fourth-order valence-electron chi connectivity index (χ4n) is 3.19. The molecule has 0 saturated heterocycles. The molecule has 1 heteroatoms. The summed E-state index contributed by atoms with van der Waals surface area (Å²) in [6.07, 6.45) is 18.7. The van der Waals surface area contributed by atoms with E-state index in [1.54, 1.807) is 0 Å². The monoisotopic (exact) mass is 332 g/mol. The third-order valence-corrected chi connectivity index (χ3v) is 4.78. The lowest BCUT2D eigenvalue weighted by Crippen LogP contribution is -2.00. The van der Waals surface area contributed by atoms with E-state index in [4.69, 9.17) is 4.74 Å². The molecule has 0 amide bonds. The number of hydrogen-bond donors (Lipinski definition) is 0. The number of hydrogen-bond acceptors (Lipinski definition) is 1. The summed E-state index contributed by atoms with van der Waals surface area (Å²) in [7, 11) is 0. The van der Waals surface area contributed by atoms with Gasteiger partial charge in [0.15, 0.2) is 0 Å². The lowest BCUT2D eigenvalue weighted by molar-refractivity contribution is 0.301. The molecule has 1 nitrogen and oxygen atoms in total. The lowest BCUT2D eigenvalue weighted by Gasteiger charge is -2.11. The molecule has 0 saturated carbocycles. The molecule has 0 aromatic heterocycles. The molecule has 0 aliphatic carbocycles. The van der Waals surface area contributed by atoms with Crippen molar-refractivity contribution < 1.29 is 4.74 Å². The summed E-state index contributed by atoms with van der Waals surface area (Å²) in [6, 6.07) is 8.64. The van der Waals surface area contributed by atoms with Gasteiger partial charge in [0.1, 0.15) is 5.75 Å². The Morgan fingerprint density at radius 1 is 0.625 bits per heavy atom. The predicted octanol–water partition coefficient (Wildman–Crippen LogP) is 7.72. The minimum atomic E-state index is 0.875. The maximum Gasteiger partial charge on any atom is 0.122 e. The van der Waals surface area contributed by atoms with Crippen LogP contribution in [0.15, 0.2) is 24.3 Å². The van der Waals surface area contributed by atoms with Crippen LogP contribution in [0.3, 0.4) is 0 Å². The molecule has 138 valence electrons. The Kier molecular flexibility index (Phi) is 13.6. The molecule has 0 radical (unpaired) electrons. The molecule has 0 fully saturated rings. The van der Waals surface area contributed by atoms with E-state index in [0.29, 0.717) is 0 Å². The van der Waals surface area contributed by atoms with Crippen molar-refractivity contribution in [2.45, 2.75) is 104 Å². The zero-order valence-electron chi connectivity index (χ0n) is 16.3. The van der Waals surface area contributed by atoms with Gasteiger partial charge in [0, 0.05) is 0 Å². The van der Waals surface area contributed by atoms with Gasteiger partial charge in [-0.25, -0.2) is 0 Å². The Hall–Kier alpha value is -0.980. The van der Waals surface area contributed by atoms with E-state index < -0.39 is 0 Å². The first-order valence-electron chi connectivity index (χ1n) is 10.6. The van der Waals surface area contributed by atoms with Crippen LogP contribution in [0, 0.1) is 0 Å². The van der Waals surface area contributed by atoms with Gasteiger partial charge < -0.3 is 4.74 Å². The predicted molar refractivity (Wildman–Crippen MR) is 107 cm³/mol. The van der Waals surface area contributed by atoms with Crippen LogP contribution < -0.4 is 4.74 Å². The second-order valence-corrected chi connectivity index (χ2v) is 7.10. The zero-order valence-corrected chi connectivity index (χ0v) is 16.3. The fraction of sp³-hybridized carbons (Fsp3) is 0.739. The second kappa shape index (κ2) is 15.5. The molecule has 0 unspecified atom stereocenters. The van der Waals surface area contributed by atoms with Crippen LogP contribution in [-0.2, 0) is 6.42 Å². The molecule has 1 rings (SSSR count). The number of para-hydroxylation sites is 1. The summed E-state index contributed by atoms with van der Waals surface area (Å²) >= 11 is 0. The Morgan fingerprint density at radius 3 is 1.83 bits per heavy atom. The normalized spacial score (nSPS) is 10.9. The van der Waals surface area contributed by atoms with Gasteiger partial charge in [-0.3, -0.25) is 0 Å². The van der Waals surface area contributed by atoms with Crippen molar-refractivity contribution >= 4 is 0 Å². The maximum absolute atomic E-state index is 6.05. The molecule has 1 aromatic carbocycles. The van der Waals surface area contributed by atoms with Crippen LogP contribution in [0.2, 0.25) is 0 Å². The molecular weight excluding hydrogens is 292 g/mol. The number of rotatable bonds is 16. The molecule has 0 atom stereocenters. The third kappa shape index (κ3) is 10.7.